The van der Waals surface area contributed by atoms with E-state index < -0.39 is 0 Å². The molecule has 0 aliphatic carbocycles. The molecule has 24 heavy (non-hydrogen) atoms. The molecule has 5 heteroatoms. The Bertz CT molecular complexity index is 712. The lowest BCUT2D eigenvalue weighted by molar-refractivity contribution is 0.441. The first-order valence-electron chi connectivity index (χ1n) is 8.45. The van der Waals surface area contributed by atoms with Crippen LogP contribution in [0.5, 0.6) is 0 Å². The van der Waals surface area contributed by atoms with Crippen molar-refractivity contribution >= 4 is 5.69 Å². The summed E-state index contributed by atoms with van der Waals surface area (Å²) in [6, 6.07) is 8.80. The summed E-state index contributed by atoms with van der Waals surface area (Å²) in [5.41, 5.74) is 2.48. The van der Waals surface area contributed by atoms with E-state index in [-0.39, 0.29) is 11.2 Å². The number of hydrogen-bond acceptors (Lipinski definition) is 3. The van der Waals surface area contributed by atoms with Gasteiger partial charge in [-0.1, -0.05) is 19.4 Å². The molecule has 2 aromatic rings. The predicted molar refractivity (Wildman–Crippen MR) is 94.6 cm³/mol. The van der Waals surface area contributed by atoms with Crippen molar-refractivity contribution < 1.29 is 4.39 Å². The Balaban J connectivity index is 2.10. The van der Waals surface area contributed by atoms with Crippen LogP contribution in [0, 0.1) is 22.6 Å². The third-order valence-electron chi connectivity index (χ3n) is 4.01. The Kier molecular flexibility index (Phi) is 5.97. The average Bonchev–Trinajstić information content (AvgIpc) is 2.95. The van der Waals surface area contributed by atoms with Crippen LogP contribution in [0.2, 0.25) is 0 Å². The van der Waals surface area contributed by atoms with Gasteiger partial charge in [-0.05, 0) is 51.3 Å². The molecule has 1 heterocycles. The Morgan fingerprint density at radius 2 is 2.17 bits per heavy atom. The van der Waals surface area contributed by atoms with E-state index in [1.165, 1.54) is 12.1 Å². The highest BCUT2D eigenvalue weighted by molar-refractivity contribution is 5.50. The summed E-state index contributed by atoms with van der Waals surface area (Å²) >= 11 is 0. The Hall–Kier alpha value is -2.35. The summed E-state index contributed by atoms with van der Waals surface area (Å²) in [5.74, 6) is -0.265. The lowest BCUT2D eigenvalue weighted by Crippen LogP contribution is -2.12. The maximum atomic E-state index is 13.5. The van der Waals surface area contributed by atoms with E-state index in [9.17, 15) is 4.39 Å². The molecule has 0 saturated carbocycles. The van der Waals surface area contributed by atoms with Crippen LogP contribution < -0.4 is 5.32 Å². The van der Waals surface area contributed by atoms with Gasteiger partial charge in [-0.2, -0.15) is 10.4 Å². The Labute approximate surface area is 143 Å². The highest BCUT2D eigenvalue weighted by Gasteiger charge is 2.16. The number of nitrogens with zero attached hydrogens (tertiary/aromatic N) is 3. The molecule has 0 aliphatic rings. The maximum absolute atomic E-state index is 13.5. The molecule has 128 valence electrons. The molecule has 0 atom stereocenters. The zero-order valence-corrected chi connectivity index (χ0v) is 14.6. The van der Waals surface area contributed by atoms with Crippen LogP contribution in [0.1, 0.15) is 45.7 Å². The molecule has 0 amide bonds. The quantitative estimate of drug-likeness (QED) is 0.714. The van der Waals surface area contributed by atoms with Crippen molar-refractivity contribution in [3.05, 3.63) is 42.0 Å². The van der Waals surface area contributed by atoms with Crippen LogP contribution in [-0.2, 0) is 6.42 Å². The molecule has 1 N–H and O–H groups in total. The van der Waals surface area contributed by atoms with E-state index in [0.29, 0.717) is 0 Å². The van der Waals surface area contributed by atoms with Gasteiger partial charge in [0.1, 0.15) is 5.82 Å². The van der Waals surface area contributed by atoms with Crippen LogP contribution in [0.4, 0.5) is 10.1 Å². The number of halogens is 1. The summed E-state index contributed by atoms with van der Waals surface area (Å²) in [5, 5.41) is 16.9. The Morgan fingerprint density at radius 1 is 1.38 bits per heavy atom. The van der Waals surface area contributed by atoms with Crippen LogP contribution in [0.25, 0.3) is 5.69 Å². The second kappa shape index (κ2) is 7.96. The minimum Gasteiger partial charge on any atom is -0.382 e. The third kappa shape index (κ3) is 4.58. The molecule has 0 saturated heterocycles. The predicted octanol–water partition coefficient (Wildman–Crippen LogP) is 4.71. The van der Waals surface area contributed by atoms with E-state index in [2.05, 4.69) is 23.4 Å². The van der Waals surface area contributed by atoms with Crippen molar-refractivity contribution in [3.63, 3.8) is 0 Å². The fourth-order valence-electron chi connectivity index (χ4n) is 2.64. The summed E-state index contributed by atoms with van der Waals surface area (Å²) in [6.45, 7) is 6.81. The normalized spacial score (nSPS) is 11.3. The molecule has 4 nitrogen and oxygen atoms in total. The van der Waals surface area contributed by atoms with Crippen molar-refractivity contribution in [2.45, 2.75) is 46.5 Å². The Morgan fingerprint density at radius 3 is 2.83 bits per heavy atom. The second-order valence-corrected chi connectivity index (χ2v) is 6.67. The largest absolute Gasteiger partial charge is 0.382 e. The minimum atomic E-state index is -0.292. The molecule has 0 bridgehead atoms. The second-order valence-electron chi connectivity index (χ2n) is 6.67. The topological polar surface area (TPSA) is 53.6 Å². The van der Waals surface area contributed by atoms with Gasteiger partial charge in [0, 0.05) is 6.54 Å². The highest BCUT2D eigenvalue weighted by Crippen LogP contribution is 2.23. The van der Waals surface area contributed by atoms with Crippen molar-refractivity contribution in [1.82, 2.24) is 9.78 Å². The number of hydrogen-bond donors (Lipinski definition) is 1. The van der Waals surface area contributed by atoms with Crippen LogP contribution in [0.15, 0.2) is 30.5 Å². The lowest BCUT2D eigenvalue weighted by atomic mass is 9.90. The molecule has 1 aromatic heterocycles. The SMILES string of the molecule is CCCc1c(NCCCC(C)(C)C#N)cnn1-c1cccc(F)c1. The van der Waals surface area contributed by atoms with Gasteiger partial charge >= 0.3 is 0 Å². The van der Waals surface area contributed by atoms with E-state index in [1.54, 1.807) is 16.9 Å². The zero-order valence-electron chi connectivity index (χ0n) is 14.6. The molecule has 0 spiro atoms. The van der Waals surface area contributed by atoms with E-state index >= 15 is 0 Å². The molecule has 2 rings (SSSR count). The number of anilines is 1. The lowest BCUT2D eigenvalue weighted by Gasteiger charge is -2.15. The van der Waals surface area contributed by atoms with Crippen LogP contribution >= 0.6 is 0 Å². The molecule has 0 aliphatic heterocycles. The minimum absolute atomic E-state index is 0.265. The van der Waals surface area contributed by atoms with Gasteiger partial charge in [0.25, 0.3) is 0 Å². The van der Waals surface area contributed by atoms with Gasteiger partial charge in [0.2, 0.25) is 0 Å². The molecular weight excluding hydrogens is 303 g/mol. The number of aromatic nitrogens is 2. The molecule has 0 radical (unpaired) electrons. The molecule has 0 unspecified atom stereocenters. The van der Waals surface area contributed by atoms with Gasteiger partial charge < -0.3 is 5.32 Å². The van der Waals surface area contributed by atoms with E-state index in [4.69, 9.17) is 5.26 Å². The summed E-state index contributed by atoms with van der Waals surface area (Å²) < 4.78 is 15.3. The summed E-state index contributed by atoms with van der Waals surface area (Å²) in [7, 11) is 0. The van der Waals surface area contributed by atoms with Crippen molar-refractivity contribution in [3.8, 4) is 11.8 Å². The number of rotatable bonds is 8. The molecule has 0 fully saturated rings. The fraction of sp³-hybridized carbons (Fsp3) is 0.474. The molecule has 1 aromatic carbocycles. The first-order chi connectivity index (χ1) is 11.5. The molecular formula is C19H25FN4. The van der Waals surface area contributed by atoms with Crippen molar-refractivity contribution in [2.75, 3.05) is 11.9 Å². The number of nitrogens with one attached hydrogen (secondary N) is 1. The zero-order chi connectivity index (χ0) is 17.6. The van der Waals surface area contributed by atoms with E-state index in [0.717, 1.165) is 49.3 Å². The first kappa shape index (κ1) is 18.0. The van der Waals surface area contributed by atoms with Gasteiger partial charge in [-0.25, -0.2) is 9.07 Å². The fourth-order valence-corrected chi connectivity index (χ4v) is 2.64. The smallest absolute Gasteiger partial charge is 0.125 e. The van der Waals surface area contributed by atoms with Crippen LogP contribution in [-0.4, -0.2) is 16.3 Å². The average molecular weight is 328 g/mol. The van der Waals surface area contributed by atoms with Gasteiger partial charge in [0.15, 0.2) is 0 Å². The standard InChI is InChI=1S/C19H25FN4/c1-4-7-18-17(22-11-6-10-19(2,3)14-21)13-23-24(18)16-9-5-8-15(20)12-16/h5,8-9,12-13,22H,4,6-7,10-11H2,1-3H3. The third-order valence-corrected chi connectivity index (χ3v) is 4.01. The van der Waals surface area contributed by atoms with Gasteiger partial charge in [-0.15, -0.1) is 0 Å². The van der Waals surface area contributed by atoms with Crippen molar-refractivity contribution in [1.29, 1.82) is 5.26 Å². The van der Waals surface area contributed by atoms with Crippen LogP contribution in [0.3, 0.4) is 0 Å². The van der Waals surface area contributed by atoms with Gasteiger partial charge in [-0.3, -0.25) is 0 Å². The first-order valence-corrected chi connectivity index (χ1v) is 8.45. The summed E-state index contributed by atoms with van der Waals surface area (Å²) in [6.07, 6.45) is 5.40. The monoisotopic (exact) mass is 328 g/mol. The summed E-state index contributed by atoms with van der Waals surface area (Å²) in [4.78, 5) is 0. The highest BCUT2D eigenvalue weighted by atomic mass is 19.1. The van der Waals surface area contributed by atoms with Gasteiger partial charge in [0.05, 0.1) is 34.7 Å². The van der Waals surface area contributed by atoms with Crippen molar-refractivity contribution in [2.24, 2.45) is 5.41 Å². The maximum Gasteiger partial charge on any atom is 0.125 e. The van der Waals surface area contributed by atoms with E-state index in [1.807, 2.05) is 19.9 Å². The number of nitriles is 1. The number of benzene rings is 1.